The van der Waals surface area contributed by atoms with E-state index in [1.165, 1.54) is 6.33 Å². The van der Waals surface area contributed by atoms with Gasteiger partial charge in [-0.05, 0) is 62.2 Å². The minimum atomic E-state index is -0.610. The van der Waals surface area contributed by atoms with Crippen molar-refractivity contribution in [1.29, 1.82) is 0 Å². The van der Waals surface area contributed by atoms with E-state index in [0.29, 0.717) is 22.7 Å². The Balaban J connectivity index is 1.13. The first-order chi connectivity index (χ1) is 18.9. The molecule has 0 unspecified atom stereocenters. The minimum absolute atomic E-state index is 0.0419. The van der Waals surface area contributed by atoms with E-state index in [4.69, 9.17) is 4.74 Å². The zero-order chi connectivity index (χ0) is 27.0. The van der Waals surface area contributed by atoms with E-state index in [1.807, 2.05) is 74.8 Å². The molecule has 9 nitrogen and oxygen atoms in total. The summed E-state index contributed by atoms with van der Waals surface area (Å²) >= 11 is 0. The van der Waals surface area contributed by atoms with Gasteiger partial charge < -0.3 is 15.4 Å². The van der Waals surface area contributed by atoms with Crippen molar-refractivity contribution < 1.29 is 9.53 Å². The molecule has 39 heavy (non-hydrogen) atoms. The Morgan fingerprint density at radius 1 is 0.974 bits per heavy atom. The number of carbonyl (C=O) groups is 1. The van der Waals surface area contributed by atoms with Crippen LogP contribution < -0.4 is 15.4 Å². The van der Waals surface area contributed by atoms with Gasteiger partial charge in [0.15, 0.2) is 0 Å². The second-order valence-corrected chi connectivity index (χ2v) is 9.80. The predicted molar refractivity (Wildman–Crippen MR) is 150 cm³/mol. The summed E-state index contributed by atoms with van der Waals surface area (Å²) in [5.41, 5.74) is 5.22. The number of amides is 1. The predicted octanol–water partition coefficient (Wildman–Crippen LogP) is 5.87. The van der Waals surface area contributed by atoms with Gasteiger partial charge in [0.25, 0.3) is 0 Å². The highest BCUT2D eigenvalue weighted by Crippen LogP contribution is 2.52. The van der Waals surface area contributed by atoms with Crippen LogP contribution in [0, 0.1) is 12.3 Å². The highest BCUT2D eigenvalue weighted by Gasteiger charge is 2.52. The van der Waals surface area contributed by atoms with E-state index in [-0.39, 0.29) is 5.91 Å². The number of hydrogen-bond donors (Lipinski definition) is 2. The van der Waals surface area contributed by atoms with Gasteiger partial charge in [0.05, 0.1) is 28.2 Å². The number of carbonyl (C=O) groups excluding carboxylic acids is 1. The van der Waals surface area contributed by atoms with Crippen molar-refractivity contribution in [3.63, 3.8) is 0 Å². The number of anilines is 2. The standard InChI is InChI=1S/C30H27N7O2/c1-19-4-6-23(7-5-19)36-29(38)30(12-13-30)20(2)35-22-8-10-24(11-9-22)39-28-25-16-31-26(14-27(25)32-18-33-28)21-15-34-37(3)17-21/h4-11,14-18,35H,2,12-13H2,1,3H3,(H,36,38). The van der Waals surface area contributed by atoms with Crippen LogP contribution >= 0.6 is 0 Å². The number of aryl methyl sites for hydroxylation is 2. The van der Waals surface area contributed by atoms with Crippen LogP contribution in [0.4, 0.5) is 11.4 Å². The summed E-state index contributed by atoms with van der Waals surface area (Å²) in [6.45, 7) is 6.20. The largest absolute Gasteiger partial charge is 0.438 e. The molecule has 0 saturated heterocycles. The normalized spacial score (nSPS) is 13.6. The zero-order valence-corrected chi connectivity index (χ0v) is 21.7. The number of rotatable bonds is 8. The molecule has 1 aliphatic carbocycles. The minimum Gasteiger partial charge on any atom is -0.438 e. The van der Waals surface area contributed by atoms with Gasteiger partial charge in [-0.3, -0.25) is 14.5 Å². The summed E-state index contributed by atoms with van der Waals surface area (Å²) in [7, 11) is 1.86. The van der Waals surface area contributed by atoms with Crippen LogP contribution in [-0.4, -0.2) is 30.6 Å². The van der Waals surface area contributed by atoms with Crippen molar-refractivity contribution in [3.8, 4) is 22.9 Å². The molecule has 3 aromatic heterocycles. The fourth-order valence-electron chi connectivity index (χ4n) is 4.41. The molecule has 1 aliphatic rings. The molecule has 0 radical (unpaired) electrons. The summed E-state index contributed by atoms with van der Waals surface area (Å²) in [5.74, 6) is 0.987. The monoisotopic (exact) mass is 517 g/mol. The van der Waals surface area contributed by atoms with Crippen molar-refractivity contribution in [3.05, 3.63) is 97.4 Å². The zero-order valence-electron chi connectivity index (χ0n) is 21.7. The molecule has 1 amide bonds. The van der Waals surface area contributed by atoms with Crippen molar-refractivity contribution in [2.75, 3.05) is 10.6 Å². The van der Waals surface area contributed by atoms with E-state index in [2.05, 4.69) is 37.3 Å². The maximum absolute atomic E-state index is 13.0. The average molecular weight is 518 g/mol. The number of hydrogen-bond acceptors (Lipinski definition) is 7. The van der Waals surface area contributed by atoms with Gasteiger partial charge in [-0.15, -0.1) is 0 Å². The lowest BCUT2D eigenvalue weighted by Crippen LogP contribution is -2.28. The van der Waals surface area contributed by atoms with Crippen LogP contribution in [0.1, 0.15) is 18.4 Å². The molecule has 9 heteroatoms. The van der Waals surface area contributed by atoms with Crippen LogP contribution in [0.25, 0.3) is 22.2 Å². The van der Waals surface area contributed by atoms with Crippen LogP contribution in [-0.2, 0) is 11.8 Å². The summed E-state index contributed by atoms with van der Waals surface area (Å²) in [6.07, 6.45) is 8.37. The highest BCUT2D eigenvalue weighted by atomic mass is 16.5. The van der Waals surface area contributed by atoms with Crippen molar-refractivity contribution in [2.45, 2.75) is 19.8 Å². The van der Waals surface area contributed by atoms with Crippen LogP contribution in [0.5, 0.6) is 11.6 Å². The Morgan fingerprint density at radius 2 is 1.69 bits per heavy atom. The molecule has 0 atom stereocenters. The summed E-state index contributed by atoms with van der Waals surface area (Å²) in [5, 5.41) is 11.2. The number of pyridine rings is 1. The van der Waals surface area contributed by atoms with E-state index in [9.17, 15) is 4.79 Å². The number of ether oxygens (including phenoxy) is 1. The molecule has 194 valence electrons. The molecular weight excluding hydrogens is 490 g/mol. The summed E-state index contributed by atoms with van der Waals surface area (Å²) < 4.78 is 7.80. The Hall–Kier alpha value is -5.05. The number of benzene rings is 2. The Labute approximate surface area is 225 Å². The molecular formula is C30H27N7O2. The topological polar surface area (TPSA) is 107 Å². The number of nitrogens with one attached hydrogen (secondary N) is 2. The van der Waals surface area contributed by atoms with Crippen molar-refractivity contribution >= 4 is 28.2 Å². The fraction of sp³-hybridized carbons (Fsp3) is 0.167. The van der Waals surface area contributed by atoms with Crippen LogP contribution in [0.15, 0.2) is 91.8 Å². The van der Waals surface area contributed by atoms with Crippen LogP contribution in [0.2, 0.25) is 0 Å². The number of nitrogens with zero attached hydrogens (tertiary/aromatic N) is 5. The maximum atomic E-state index is 13.0. The lowest BCUT2D eigenvalue weighted by Gasteiger charge is -2.20. The average Bonchev–Trinajstić information content (AvgIpc) is 3.65. The van der Waals surface area contributed by atoms with Crippen molar-refractivity contribution in [2.24, 2.45) is 12.5 Å². The van der Waals surface area contributed by atoms with Gasteiger partial charge in [-0.2, -0.15) is 5.10 Å². The Morgan fingerprint density at radius 3 is 2.38 bits per heavy atom. The first-order valence-electron chi connectivity index (χ1n) is 12.6. The highest BCUT2D eigenvalue weighted by molar-refractivity contribution is 6.00. The lowest BCUT2D eigenvalue weighted by molar-refractivity contribution is -0.119. The number of aromatic nitrogens is 5. The van der Waals surface area contributed by atoms with E-state index in [1.54, 1.807) is 17.1 Å². The summed E-state index contributed by atoms with van der Waals surface area (Å²) in [6, 6.07) is 17.1. The quantitative estimate of drug-likeness (QED) is 0.265. The fourth-order valence-corrected chi connectivity index (χ4v) is 4.41. The summed E-state index contributed by atoms with van der Waals surface area (Å²) in [4.78, 5) is 26.3. The molecule has 5 aromatic rings. The molecule has 0 bridgehead atoms. The Bertz CT molecular complexity index is 1690. The maximum Gasteiger partial charge on any atom is 0.236 e. The van der Waals surface area contributed by atoms with Gasteiger partial charge in [0, 0.05) is 42.1 Å². The molecule has 1 fully saturated rings. The first kappa shape index (κ1) is 24.3. The first-order valence-corrected chi connectivity index (χ1v) is 12.6. The third-order valence-corrected chi connectivity index (χ3v) is 6.92. The van der Waals surface area contributed by atoms with Gasteiger partial charge in [0.2, 0.25) is 11.8 Å². The third kappa shape index (κ3) is 4.94. The molecule has 1 saturated carbocycles. The molecule has 3 heterocycles. The molecule has 6 rings (SSSR count). The van der Waals surface area contributed by atoms with Crippen LogP contribution in [0.3, 0.4) is 0 Å². The molecule has 2 N–H and O–H groups in total. The molecule has 2 aromatic carbocycles. The molecule has 0 spiro atoms. The van der Waals surface area contributed by atoms with E-state index >= 15 is 0 Å². The van der Waals surface area contributed by atoms with E-state index < -0.39 is 5.41 Å². The lowest BCUT2D eigenvalue weighted by atomic mass is 10.0. The van der Waals surface area contributed by atoms with Gasteiger partial charge in [-0.1, -0.05) is 24.3 Å². The number of fused-ring (bicyclic) bond motifs is 1. The van der Waals surface area contributed by atoms with Gasteiger partial charge in [-0.25, -0.2) is 9.97 Å². The third-order valence-electron chi connectivity index (χ3n) is 6.92. The molecule has 0 aliphatic heterocycles. The Kier molecular flexibility index (Phi) is 6.03. The van der Waals surface area contributed by atoms with E-state index in [0.717, 1.165) is 46.6 Å². The van der Waals surface area contributed by atoms with Gasteiger partial charge >= 0.3 is 0 Å². The second kappa shape index (κ2) is 9.68. The smallest absolute Gasteiger partial charge is 0.236 e. The SMILES string of the molecule is C=C(Nc1ccc(Oc2ncnc3cc(-c4cnn(C)c4)ncc23)cc1)C1(C(=O)Nc2ccc(C)cc2)CC1. The van der Waals surface area contributed by atoms with Crippen molar-refractivity contribution in [1.82, 2.24) is 24.7 Å². The second-order valence-electron chi connectivity index (χ2n) is 9.80. The van der Waals surface area contributed by atoms with Gasteiger partial charge in [0.1, 0.15) is 12.1 Å².